The maximum Gasteiger partial charge on any atom is 0.344 e. The smallest absolute Gasteiger partial charge is 0.344 e. The number of rotatable bonds is 5. The van der Waals surface area contributed by atoms with Crippen LogP contribution in [0, 0.1) is 12.3 Å². The summed E-state index contributed by atoms with van der Waals surface area (Å²) < 4.78 is 9.58. The van der Waals surface area contributed by atoms with Crippen molar-refractivity contribution in [2.45, 2.75) is 24.9 Å². The number of tetrazole rings is 1. The Bertz CT molecular complexity index is 711. The number of thioether (sulfide) groups is 1. The van der Waals surface area contributed by atoms with E-state index in [2.05, 4.69) is 20.1 Å². The van der Waals surface area contributed by atoms with Gasteiger partial charge in [-0.1, -0.05) is 0 Å². The molecular weight excluding hydrogens is 352 g/mol. The lowest BCUT2D eigenvalue weighted by molar-refractivity contribution is -0.168. The number of carbonyl (C=O) groups is 3. The molecule has 0 spiro atoms. The Morgan fingerprint density at radius 1 is 1.48 bits per heavy atom. The molecule has 0 bridgehead atoms. The fraction of sp³-hybridized carbons (Fsp3) is 0.692. The molecule has 11 nitrogen and oxygen atoms in total. The first-order chi connectivity index (χ1) is 11.9. The lowest BCUT2D eigenvalue weighted by Crippen LogP contribution is -2.72. The average molecular weight is 370 g/mol. The van der Waals surface area contributed by atoms with Crippen LogP contribution in [0.2, 0.25) is 0 Å². The Morgan fingerprint density at radius 3 is 2.88 bits per heavy atom. The Balaban J connectivity index is 1.80. The second kappa shape index (κ2) is 6.59. The van der Waals surface area contributed by atoms with Crippen LogP contribution < -0.4 is 5.73 Å². The standard InChI is InChI=1S/C13H18N6O5S/c1-7-15-17-19(16-7)5-13(12(22)24-3-8(20)23-2)4-18-10(21)9(14)11(18)25-6-13/h9,11H,3-6,14H2,1-2H3/t9?,11-,13?/m1/s1. The number of aromatic nitrogens is 4. The molecule has 3 rings (SSSR count). The number of nitrogens with two attached hydrogens (primary N) is 1. The van der Waals surface area contributed by atoms with E-state index in [1.54, 1.807) is 11.8 Å². The average Bonchev–Trinajstić information content (AvgIpc) is 3.02. The predicted molar refractivity (Wildman–Crippen MR) is 83.9 cm³/mol. The van der Waals surface area contributed by atoms with Gasteiger partial charge >= 0.3 is 11.9 Å². The summed E-state index contributed by atoms with van der Waals surface area (Å²) in [6, 6.07) is -0.555. The first kappa shape index (κ1) is 17.6. The predicted octanol–water partition coefficient (Wildman–Crippen LogP) is -2.07. The zero-order chi connectivity index (χ0) is 18.2. The van der Waals surface area contributed by atoms with Gasteiger partial charge < -0.3 is 20.1 Å². The number of β-lactam (4-membered cyclic amide) rings is 1. The molecule has 1 aromatic rings. The fourth-order valence-corrected chi connectivity index (χ4v) is 4.28. The van der Waals surface area contributed by atoms with Gasteiger partial charge in [-0.15, -0.1) is 22.0 Å². The number of fused-ring (bicyclic) bond motifs is 1. The molecule has 2 aliphatic heterocycles. The third-order valence-electron chi connectivity index (χ3n) is 4.16. The third-order valence-corrected chi connectivity index (χ3v) is 5.77. The number of amides is 1. The number of aryl methyl sites for hydroxylation is 1. The first-order valence-corrected chi connectivity index (χ1v) is 8.57. The largest absolute Gasteiger partial charge is 0.466 e. The van der Waals surface area contributed by atoms with Crippen LogP contribution in [0.15, 0.2) is 0 Å². The molecule has 0 saturated carbocycles. The van der Waals surface area contributed by atoms with Crippen molar-refractivity contribution in [3.05, 3.63) is 5.82 Å². The van der Waals surface area contributed by atoms with Gasteiger partial charge in [-0.25, -0.2) is 4.79 Å². The highest BCUT2D eigenvalue weighted by molar-refractivity contribution is 8.00. The quantitative estimate of drug-likeness (QED) is 0.453. The molecule has 0 aromatic carbocycles. The molecule has 1 aromatic heterocycles. The highest BCUT2D eigenvalue weighted by atomic mass is 32.2. The van der Waals surface area contributed by atoms with Crippen molar-refractivity contribution in [3.63, 3.8) is 0 Å². The van der Waals surface area contributed by atoms with Gasteiger partial charge in [-0.05, 0) is 12.1 Å². The van der Waals surface area contributed by atoms with Gasteiger partial charge in [0.2, 0.25) is 5.91 Å². The Morgan fingerprint density at radius 2 is 2.24 bits per heavy atom. The zero-order valence-corrected chi connectivity index (χ0v) is 14.6. The van der Waals surface area contributed by atoms with Gasteiger partial charge in [0.25, 0.3) is 0 Å². The number of esters is 2. The van der Waals surface area contributed by atoms with Gasteiger partial charge in [0.1, 0.15) is 16.8 Å². The van der Waals surface area contributed by atoms with E-state index in [-0.39, 0.29) is 24.4 Å². The maximum atomic E-state index is 12.7. The van der Waals surface area contributed by atoms with E-state index >= 15 is 0 Å². The number of carbonyl (C=O) groups excluding carboxylic acids is 3. The van der Waals surface area contributed by atoms with Crippen molar-refractivity contribution in [2.75, 3.05) is 26.0 Å². The topological polar surface area (TPSA) is 143 Å². The van der Waals surface area contributed by atoms with Crippen LogP contribution in [-0.2, 0) is 30.4 Å². The van der Waals surface area contributed by atoms with Crippen LogP contribution in [0.25, 0.3) is 0 Å². The summed E-state index contributed by atoms with van der Waals surface area (Å²) >= 11 is 1.40. The van der Waals surface area contributed by atoms with Gasteiger partial charge in [-0.3, -0.25) is 9.59 Å². The number of nitrogens with zero attached hydrogens (tertiary/aromatic N) is 5. The van der Waals surface area contributed by atoms with Gasteiger partial charge in [-0.2, -0.15) is 4.80 Å². The van der Waals surface area contributed by atoms with Crippen LogP contribution in [-0.4, -0.2) is 80.4 Å². The normalized spacial score (nSPS) is 28.1. The molecule has 0 aliphatic carbocycles. The second-order valence-electron chi connectivity index (χ2n) is 5.99. The van der Waals surface area contributed by atoms with E-state index in [1.807, 2.05) is 0 Å². The molecule has 25 heavy (non-hydrogen) atoms. The molecule has 2 unspecified atom stereocenters. The highest BCUT2D eigenvalue weighted by Gasteiger charge is 2.56. The highest BCUT2D eigenvalue weighted by Crippen LogP contribution is 2.42. The molecule has 1 amide bonds. The lowest BCUT2D eigenvalue weighted by atomic mass is 9.87. The fourth-order valence-electron chi connectivity index (χ4n) is 2.81. The zero-order valence-electron chi connectivity index (χ0n) is 13.7. The molecule has 2 saturated heterocycles. The first-order valence-electron chi connectivity index (χ1n) is 7.52. The van der Waals surface area contributed by atoms with Crippen molar-refractivity contribution in [1.82, 2.24) is 25.1 Å². The minimum Gasteiger partial charge on any atom is -0.466 e. The van der Waals surface area contributed by atoms with Gasteiger partial charge in [0.05, 0.1) is 13.7 Å². The summed E-state index contributed by atoms with van der Waals surface area (Å²) in [5.41, 5.74) is 4.69. The van der Waals surface area contributed by atoms with E-state index in [9.17, 15) is 14.4 Å². The summed E-state index contributed by atoms with van der Waals surface area (Å²) in [5.74, 6) is -0.685. The molecule has 2 N–H and O–H groups in total. The van der Waals surface area contributed by atoms with Crippen LogP contribution in [0.4, 0.5) is 0 Å². The Kier molecular flexibility index (Phi) is 4.64. The van der Waals surface area contributed by atoms with E-state index in [0.717, 1.165) is 0 Å². The molecule has 0 radical (unpaired) electrons. The molecule has 3 heterocycles. The van der Waals surface area contributed by atoms with Gasteiger partial charge in [0.15, 0.2) is 12.4 Å². The minimum absolute atomic E-state index is 0.0760. The summed E-state index contributed by atoms with van der Waals surface area (Å²) in [7, 11) is 1.20. The SMILES string of the molecule is COC(=O)COC(=O)C1(Cn2nnc(C)n2)CS[C@@H]2C(N)C(=O)N2C1. The maximum absolute atomic E-state index is 12.7. The molecule has 3 atom stereocenters. The summed E-state index contributed by atoms with van der Waals surface area (Å²) in [5, 5.41) is 11.6. The number of methoxy groups -OCH3 is 1. The Hall–Kier alpha value is -2.21. The molecule has 2 fully saturated rings. The van der Waals surface area contributed by atoms with Crippen LogP contribution in [0.1, 0.15) is 5.82 Å². The van der Waals surface area contributed by atoms with Crippen LogP contribution >= 0.6 is 11.8 Å². The Labute approximate surface area is 147 Å². The summed E-state index contributed by atoms with van der Waals surface area (Å²) in [6.45, 7) is 1.38. The number of hydrogen-bond acceptors (Lipinski definition) is 10. The number of hydrogen-bond donors (Lipinski definition) is 1. The lowest BCUT2D eigenvalue weighted by Gasteiger charge is -2.52. The van der Waals surface area contributed by atoms with E-state index < -0.39 is 30.0 Å². The van der Waals surface area contributed by atoms with Crippen LogP contribution in [0.5, 0.6) is 0 Å². The van der Waals surface area contributed by atoms with Crippen molar-refractivity contribution < 1.29 is 23.9 Å². The molecule has 136 valence electrons. The molecular formula is C13H18N6O5S. The van der Waals surface area contributed by atoms with Crippen molar-refractivity contribution in [1.29, 1.82) is 0 Å². The summed E-state index contributed by atoms with van der Waals surface area (Å²) in [6.07, 6.45) is 0. The monoisotopic (exact) mass is 370 g/mol. The second-order valence-corrected chi connectivity index (χ2v) is 7.10. The van der Waals surface area contributed by atoms with Gasteiger partial charge in [0, 0.05) is 12.3 Å². The summed E-state index contributed by atoms with van der Waals surface area (Å²) in [4.78, 5) is 38.8. The third kappa shape index (κ3) is 3.18. The van der Waals surface area contributed by atoms with E-state index in [4.69, 9.17) is 10.5 Å². The van der Waals surface area contributed by atoms with Crippen molar-refractivity contribution in [2.24, 2.45) is 11.1 Å². The van der Waals surface area contributed by atoms with E-state index in [0.29, 0.717) is 11.6 Å². The molecule has 2 aliphatic rings. The van der Waals surface area contributed by atoms with Crippen molar-refractivity contribution in [3.8, 4) is 0 Å². The minimum atomic E-state index is -1.10. The molecule has 12 heteroatoms. The van der Waals surface area contributed by atoms with Crippen molar-refractivity contribution >= 4 is 29.6 Å². The number of ether oxygens (including phenoxy) is 2. The van der Waals surface area contributed by atoms with E-state index in [1.165, 1.54) is 23.7 Å². The van der Waals surface area contributed by atoms with Crippen LogP contribution in [0.3, 0.4) is 0 Å².